The van der Waals surface area contributed by atoms with Crippen LogP contribution in [0.5, 0.6) is 17.2 Å². The number of aromatic nitrogens is 1. The minimum Gasteiger partial charge on any atom is -0.493 e. The molecule has 0 spiro atoms. The summed E-state index contributed by atoms with van der Waals surface area (Å²) in [6.07, 6.45) is 6.70. The molecule has 1 aliphatic rings. The Kier molecular flexibility index (Phi) is 5.18. The number of pyridine rings is 1. The maximum absolute atomic E-state index is 12.2. The molecular formula is C19H20N2O4. The lowest BCUT2D eigenvalue weighted by molar-refractivity contribution is -0.134. The van der Waals surface area contributed by atoms with E-state index in [0.29, 0.717) is 24.6 Å². The molecule has 1 aromatic carbocycles. The SMILES string of the molecule is COc1ccc(/C=C/C(=O)N2CC(Oc3cccnc3)C2)cc1OC. The number of nitrogens with zero attached hydrogens (tertiary/aromatic N) is 2. The van der Waals surface area contributed by atoms with Crippen LogP contribution in [0.4, 0.5) is 0 Å². The number of likely N-dealkylation sites (tertiary alicyclic amines) is 1. The number of amides is 1. The first-order valence-electron chi connectivity index (χ1n) is 7.95. The van der Waals surface area contributed by atoms with E-state index in [1.165, 1.54) is 0 Å². The lowest BCUT2D eigenvalue weighted by Crippen LogP contribution is -2.55. The van der Waals surface area contributed by atoms with Gasteiger partial charge in [-0.15, -0.1) is 0 Å². The van der Waals surface area contributed by atoms with Crippen molar-refractivity contribution in [2.24, 2.45) is 0 Å². The molecule has 1 aliphatic heterocycles. The van der Waals surface area contributed by atoms with E-state index in [0.717, 1.165) is 11.3 Å². The fourth-order valence-electron chi connectivity index (χ4n) is 2.53. The van der Waals surface area contributed by atoms with Gasteiger partial charge in [-0.1, -0.05) is 6.07 Å². The van der Waals surface area contributed by atoms with E-state index >= 15 is 0 Å². The third-order valence-electron chi connectivity index (χ3n) is 3.92. The van der Waals surface area contributed by atoms with Crippen LogP contribution in [-0.2, 0) is 4.79 Å². The zero-order valence-electron chi connectivity index (χ0n) is 14.2. The van der Waals surface area contributed by atoms with Gasteiger partial charge in [0.25, 0.3) is 0 Å². The van der Waals surface area contributed by atoms with E-state index in [1.807, 2.05) is 30.3 Å². The second-order valence-corrected chi connectivity index (χ2v) is 5.62. The van der Waals surface area contributed by atoms with Gasteiger partial charge in [0.1, 0.15) is 11.9 Å². The maximum atomic E-state index is 12.2. The van der Waals surface area contributed by atoms with Crippen molar-refractivity contribution < 1.29 is 19.0 Å². The van der Waals surface area contributed by atoms with Gasteiger partial charge >= 0.3 is 0 Å². The normalized spacial score (nSPS) is 14.2. The van der Waals surface area contributed by atoms with Crippen molar-refractivity contribution in [2.45, 2.75) is 6.10 Å². The summed E-state index contributed by atoms with van der Waals surface area (Å²) in [5.41, 5.74) is 0.870. The molecule has 1 saturated heterocycles. The first kappa shape index (κ1) is 16.8. The van der Waals surface area contributed by atoms with E-state index in [1.54, 1.807) is 43.7 Å². The second kappa shape index (κ2) is 7.70. The third-order valence-corrected chi connectivity index (χ3v) is 3.92. The molecule has 6 nitrogen and oxygen atoms in total. The molecular weight excluding hydrogens is 320 g/mol. The number of carbonyl (C=O) groups is 1. The van der Waals surface area contributed by atoms with Crippen molar-refractivity contribution >= 4 is 12.0 Å². The van der Waals surface area contributed by atoms with Crippen LogP contribution in [0.15, 0.2) is 48.8 Å². The molecule has 1 amide bonds. The minimum absolute atomic E-state index is 0.0163. The van der Waals surface area contributed by atoms with Crippen molar-refractivity contribution in [1.29, 1.82) is 0 Å². The average molecular weight is 340 g/mol. The molecule has 3 rings (SSSR count). The van der Waals surface area contributed by atoms with Crippen LogP contribution in [0.1, 0.15) is 5.56 Å². The number of carbonyl (C=O) groups excluding carboxylic acids is 1. The van der Waals surface area contributed by atoms with Crippen LogP contribution in [0.2, 0.25) is 0 Å². The summed E-state index contributed by atoms with van der Waals surface area (Å²) in [6, 6.07) is 9.18. The Morgan fingerprint density at radius 1 is 1.20 bits per heavy atom. The maximum Gasteiger partial charge on any atom is 0.246 e. The zero-order valence-corrected chi connectivity index (χ0v) is 14.2. The van der Waals surface area contributed by atoms with Crippen LogP contribution in [0, 0.1) is 0 Å². The summed E-state index contributed by atoms with van der Waals surface area (Å²) in [7, 11) is 3.17. The van der Waals surface area contributed by atoms with Gasteiger partial charge in [0.05, 0.1) is 33.5 Å². The predicted octanol–water partition coefficient (Wildman–Crippen LogP) is 2.40. The first-order valence-corrected chi connectivity index (χ1v) is 7.95. The molecule has 0 saturated carbocycles. The fourth-order valence-corrected chi connectivity index (χ4v) is 2.53. The summed E-state index contributed by atoms with van der Waals surface area (Å²) in [5.74, 6) is 1.97. The van der Waals surface area contributed by atoms with Gasteiger partial charge < -0.3 is 19.1 Å². The van der Waals surface area contributed by atoms with Crippen molar-refractivity contribution in [2.75, 3.05) is 27.3 Å². The van der Waals surface area contributed by atoms with Crippen LogP contribution in [0.25, 0.3) is 6.08 Å². The Hall–Kier alpha value is -3.02. The highest BCUT2D eigenvalue weighted by Crippen LogP contribution is 2.28. The van der Waals surface area contributed by atoms with Crippen LogP contribution >= 0.6 is 0 Å². The van der Waals surface area contributed by atoms with E-state index in [4.69, 9.17) is 14.2 Å². The van der Waals surface area contributed by atoms with Gasteiger partial charge in [0.2, 0.25) is 5.91 Å². The fraction of sp³-hybridized carbons (Fsp3) is 0.263. The quantitative estimate of drug-likeness (QED) is 0.756. The number of rotatable bonds is 6. The monoisotopic (exact) mass is 340 g/mol. The molecule has 25 heavy (non-hydrogen) atoms. The van der Waals surface area contributed by atoms with Gasteiger partial charge in [0, 0.05) is 12.3 Å². The molecule has 0 bridgehead atoms. The zero-order chi connectivity index (χ0) is 17.6. The molecule has 0 radical (unpaired) electrons. The topological polar surface area (TPSA) is 60.9 Å². The summed E-state index contributed by atoms with van der Waals surface area (Å²) in [6.45, 7) is 1.15. The third kappa shape index (κ3) is 4.09. The summed E-state index contributed by atoms with van der Waals surface area (Å²) in [4.78, 5) is 17.9. The minimum atomic E-state index is -0.0409. The number of hydrogen-bond acceptors (Lipinski definition) is 5. The summed E-state index contributed by atoms with van der Waals surface area (Å²) in [5, 5.41) is 0. The molecule has 1 aromatic heterocycles. The van der Waals surface area contributed by atoms with Crippen molar-refractivity contribution in [3.63, 3.8) is 0 Å². The molecule has 6 heteroatoms. The Morgan fingerprint density at radius 2 is 2.00 bits per heavy atom. The van der Waals surface area contributed by atoms with Crippen LogP contribution in [-0.4, -0.2) is 49.2 Å². The summed E-state index contributed by atoms with van der Waals surface area (Å²) < 4.78 is 16.2. The highest BCUT2D eigenvalue weighted by atomic mass is 16.5. The molecule has 0 unspecified atom stereocenters. The molecule has 2 aromatic rings. The van der Waals surface area contributed by atoms with Crippen LogP contribution < -0.4 is 14.2 Å². The highest BCUT2D eigenvalue weighted by molar-refractivity contribution is 5.92. The smallest absolute Gasteiger partial charge is 0.246 e. The number of benzene rings is 1. The van der Waals surface area contributed by atoms with E-state index < -0.39 is 0 Å². The Bertz CT molecular complexity index is 755. The van der Waals surface area contributed by atoms with E-state index in [-0.39, 0.29) is 12.0 Å². The molecule has 0 aliphatic carbocycles. The molecule has 0 atom stereocenters. The number of ether oxygens (including phenoxy) is 3. The van der Waals surface area contributed by atoms with Gasteiger partial charge in [-0.05, 0) is 35.9 Å². The second-order valence-electron chi connectivity index (χ2n) is 5.62. The predicted molar refractivity (Wildman–Crippen MR) is 93.8 cm³/mol. The van der Waals surface area contributed by atoms with Gasteiger partial charge in [-0.2, -0.15) is 0 Å². The summed E-state index contributed by atoms with van der Waals surface area (Å²) >= 11 is 0. The Balaban J connectivity index is 1.52. The van der Waals surface area contributed by atoms with Crippen LogP contribution in [0.3, 0.4) is 0 Å². The lowest BCUT2D eigenvalue weighted by atomic mass is 10.1. The number of hydrogen-bond donors (Lipinski definition) is 0. The largest absolute Gasteiger partial charge is 0.493 e. The van der Waals surface area contributed by atoms with Gasteiger partial charge in [-0.3, -0.25) is 9.78 Å². The molecule has 0 N–H and O–H groups in total. The molecule has 1 fully saturated rings. The standard InChI is InChI=1S/C19H20N2O4/c1-23-17-7-5-14(10-18(17)24-2)6-8-19(22)21-12-16(13-21)25-15-4-3-9-20-11-15/h3-11,16H,12-13H2,1-2H3/b8-6+. The van der Waals surface area contributed by atoms with Gasteiger partial charge in [-0.25, -0.2) is 0 Å². The number of methoxy groups -OCH3 is 2. The lowest BCUT2D eigenvalue weighted by Gasteiger charge is -2.38. The molecule has 130 valence electrons. The Labute approximate surface area is 146 Å². The average Bonchev–Trinajstić information content (AvgIpc) is 2.62. The van der Waals surface area contributed by atoms with Gasteiger partial charge in [0.15, 0.2) is 11.5 Å². The van der Waals surface area contributed by atoms with E-state index in [2.05, 4.69) is 4.98 Å². The highest BCUT2D eigenvalue weighted by Gasteiger charge is 2.31. The van der Waals surface area contributed by atoms with Crippen molar-refractivity contribution in [1.82, 2.24) is 9.88 Å². The Morgan fingerprint density at radius 3 is 2.68 bits per heavy atom. The first-order chi connectivity index (χ1) is 12.2. The molecule has 2 heterocycles. The van der Waals surface area contributed by atoms with E-state index in [9.17, 15) is 4.79 Å². The van der Waals surface area contributed by atoms with Crippen molar-refractivity contribution in [3.8, 4) is 17.2 Å². The van der Waals surface area contributed by atoms with Crippen molar-refractivity contribution in [3.05, 3.63) is 54.4 Å².